The Morgan fingerprint density at radius 3 is 2.79 bits per heavy atom. The average Bonchev–Trinajstić information content (AvgIpc) is 2.99. The van der Waals surface area contributed by atoms with E-state index in [9.17, 15) is 9.59 Å². The minimum atomic E-state index is -0.294. The lowest BCUT2D eigenvalue weighted by atomic mass is 10.1. The van der Waals surface area contributed by atoms with Gasteiger partial charge in [-0.1, -0.05) is 6.07 Å². The van der Waals surface area contributed by atoms with E-state index in [4.69, 9.17) is 0 Å². The van der Waals surface area contributed by atoms with Gasteiger partial charge in [0, 0.05) is 23.4 Å². The van der Waals surface area contributed by atoms with Crippen LogP contribution in [-0.2, 0) is 9.59 Å². The van der Waals surface area contributed by atoms with Crippen LogP contribution in [0.15, 0.2) is 29.1 Å². The second-order valence-corrected chi connectivity index (χ2v) is 5.73. The Morgan fingerprint density at radius 2 is 2.21 bits per heavy atom. The molecule has 1 unspecified atom stereocenters. The van der Waals surface area contributed by atoms with Crippen molar-refractivity contribution in [2.24, 2.45) is 0 Å². The van der Waals surface area contributed by atoms with Crippen LogP contribution in [0.25, 0.3) is 0 Å². The summed E-state index contributed by atoms with van der Waals surface area (Å²) in [4.78, 5) is 28.1. The molecule has 0 aliphatic carbocycles. The normalized spacial score (nSPS) is 11.8. The quantitative estimate of drug-likeness (QED) is 0.890. The number of amides is 2. The molecule has 0 radical (unpaired) electrons. The SMILES string of the molecule is CC(=O)NC(CC(=O)Nc1nccs1)c1cccs1. The standard InChI is InChI=1S/C12H13N3O2S2/c1-8(16)14-9(10-3-2-5-18-10)7-11(17)15-12-13-4-6-19-12/h2-6,9H,7H2,1H3,(H,14,16)(H,13,15,17). The summed E-state index contributed by atoms with van der Waals surface area (Å²) in [5, 5.41) is 9.77. The van der Waals surface area contributed by atoms with Crippen LogP contribution in [0, 0.1) is 0 Å². The highest BCUT2D eigenvalue weighted by atomic mass is 32.1. The molecule has 1 atom stereocenters. The van der Waals surface area contributed by atoms with Crippen LogP contribution in [-0.4, -0.2) is 16.8 Å². The summed E-state index contributed by atoms with van der Waals surface area (Å²) in [5.41, 5.74) is 0. The largest absolute Gasteiger partial charge is 0.348 e. The number of nitrogens with one attached hydrogen (secondary N) is 2. The van der Waals surface area contributed by atoms with Gasteiger partial charge in [-0.25, -0.2) is 4.98 Å². The Kier molecular flexibility index (Phi) is 4.64. The molecule has 7 heteroatoms. The first-order valence-electron chi connectivity index (χ1n) is 5.65. The fraction of sp³-hybridized carbons (Fsp3) is 0.250. The van der Waals surface area contributed by atoms with Crippen molar-refractivity contribution in [2.45, 2.75) is 19.4 Å². The predicted molar refractivity (Wildman–Crippen MR) is 76.2 cm³/mol. The Bertz CT molecular complexity index is 537. The summed E-state index contributed by atoms with van der Waals surface area (Å²) in [6.45, 7) is 1.44. The number of hydrogen-bond donors (Lipinski definition) is 2. The molecule has 0 fully saturated rings. The first kappa shape index (κ1) is 13.7. The molecular formula is C12H13N3O2S2. The first-order chi connectivity index (χ1) is 9.15. The van der Waals surface area contributed by atoms with E-state index in [-0.39, 0.29) is 24.3 Å². The Hall–Kier alpha value is -1.73. The summed E-state index contributed by atoms with van der Waals surface area (Å²) in [7, 11) is 0. The van der Waals surface area contributed by atoms with E-state index in [0.717, 1.165) is 4.88 Å². The number of carbonyl (C=O) groups excluding carboxylic acids is 2. The first-order valence-corrected chi connectivity index (χ1v) is 7.41. The van der Waals surface area contributed by atoms with Crippen molar-refractivity contribution < 1.29 is 9.59 Å². The third kappa shape index (κ3) is 4.15. The summed E-state index contributed by atoms with van der Waals surface area (Å²) in [5.74, 6) is -0.317. The highest BCUT2D eigenvalue weighted by Gasteiger charge is 2.18. The minimum Gasteiger partial charge on any atom is -0.348 e. The van der Waals surface area contributed by atoms with Gasteiger partial charge in [0.25, 0.3) is 0 Å². The molecule has 2 N–H and O–H groups in total. The highest BCUT2D eigenvalue weighted by Crippen LogP contribution is 2.23. The molecule has 2 aromatic rings. The molecule has 0 spiro atoms. The number of thiazole rings is 1. The topological polar surface area (TPSA) is 71.1 Å². The van der Waals surface area contributed by atoms with Crippen LogP contribution in [0.2, 0.25) is 0 Å². The molecule has 2 rings (SSSR count). The van der Waals surface area contributed by atoms with Gasteiger partial charge in [-0.05, 0) is 11.4 Å². The van der Waals surface area contributed by atoms with Crippen molar-refractivity contribution >= 4 is 39.6 Å². The molecule has 2 aromatic heterocycles. The number of thiophene rings is 1. The number of anilines is 1. The number of nitrogens with zero attached hydrogens (tertiary/aromatic N) is 1. The zero-order valence-electron chi connectivity index (χ0n) is 10.3. The zero-order valence-corrected chi connectivity index (χ0v) is 11.9. The third-order valence-electron chi connectivity index (χ3n) is 2.33. The monoisotopic (exact) mass is 295 g/mol. The molecule has 100 valence electrons. The fourth-order valence-electron chi connectivity index (χ4n) is 1.60. The maximum absolute atomic E-state index is 11.9. The van der Waals surface area contributed by atoms with E-state index in [2.05, 4.69) is 15.6 Å². The summed E-state index contributed by atoms with van der Waals surface area (Å²) >= 11 is 2.88. The Morgan fingerprint density at radius 1 is 1.37 bits per heavy atom. The van der Waals surface area contributed by atoms with Gasteiger partial charge in [0.2, 0.25) is 11.8 Å². The van der Waals surface area contributed by atoms with Crippen molar-refractivity contribution in [1.82, 2.24) is 10.3 Å². The number of carbonyl (C=O) groups is 2. The average molecular weight is 295 g/mol. The molecule has 0 aliphatic heterocycles. The second kappa shape index (κ2) is 6.44. The van der Waals surface area contributed by atoms with E-state index in [1.165, 1.54) is 29.6 Å². The molecule has 19 heavy (non-hydrogen) atoms. The minimum absolute atomic E-state index is 0.152. The second-order valence-electron chi connectivity index (χ2n) is 3.86. The van der Waals surface area contributed by atoms with Crippen LogP contribution in [0.5, 0.6) is 0 Å². The summed E-state index contributed by atoms with van der Waals surface area (Å²) < 4.78 is 0. The smallest absolute Gasteiger partial charge is 0.228 e. The summed E-state index contributed by atoms with van der Waals surface area (Å²) in [6.07, 6.45) is 1.82. The van der Waals surface area contributed by atoms with Crippen LogP contribution in [0.3, 0.4) is 0 Å². The van der Waals surface area contributed by atoms with Gasteiger partial charge >= 0.3 is 0 Å². The van der Waals surface area contributed by atoms with Gasteiger partial charge in [-0.15, -0.1) is 22.7 Å². The lowest BCUT2D eigenvalue weighted by Gasteiger charge is -2.15. The van der Waals surface area contributed by atoms with Crippen LogP contribution in [0.1, 0.15) is 24.3 Å². The van der Waals surface area contributed by atoms with Gasteiger partial charge in [0.05, 0.1) is 12.5 Å². The molecule has 2 amide bonds. The maximum Gasteiger partial charge on any atom is 0.228 e. The number of aromatic nitrogens is 1. The van der Waals surface area contributed by atoms with Crippen molar-refractivity contribution in [3.63, 3.8) is 0 Å². The number of hydrogen-bond acceptors (Lipinski definition) is 5. The predicted octanol–water partition coefficient (Wildman–Crippen LogP) is 2.41. The fourth-order valence-corrected chi connectivity index (χ4v) is 2.92. The molecule has 2 heterocycles. The van der Waals surface area contributed by atoms with Crippen LogP contribution in [0.4, 0.5) is 5.13 Å². The molecule has 0 saturated carbocycles. The van der Waals surface area contributed by atoms with E-state index in [0.29, 0.717) is 5.13 Å². The molecule has 0 saturated heterocycles. The van der Waals surface area contributed by atoms with Gasteiger partial charge in [0.1, 0.15) is 0 Å². The van der Waals surface area contributed by atoms with Crippen LogP contribution < -0.4 is 10.6 Å². The van der Waals surface area contributed by atoms with Gasteiger partial charge < -0.3 is 10.6 Å². The molecule has 5 nitrogen and oxygen atoms in total. The van der Waals surface area contributed by atoms with Crippen molar-refractivity contribution in [3.05, 3.63) is 34.0 Å². The highest BCUT2D eigenvalue weighted by molar-refractivity contribution is 7.13. The lowest BCUT2D eigenvalue weighted by molar-refractivity contribution is -0.120. The third-order valence-corrected chi connectivity index (χ3v) is 4.01. The summed E-state index contributed by atoms with van der Waals surface area (Å²) in [6, 6.07) is 3.51. The van der Waals surface area contributed by atoms with E-state index < -0.39 is 0 Å². The molecule has 0 aliphatic rings. The maximum atomic E-state index is 11.9. The van der Waals surface area contributed by atoms with Crippen molar-refractivity contribution in [1.29, 1.82) is 0 Å². The number of rotatable bonds is 5. The van der Waals surface area contributed by atoms with Crippen LogP contribution >= 0.6 is 22.7 Å². The van der Waals surface area contributed by atoms with E-state index in [1.54, 1.807) is 11.6 Å². The Balaban J connectivity index is 1.99. The lowest BCUT2D eigenvalue weighted by Crippen LogP contribution is -2.29. The Labute approximate surface area is 118 Å². The van der Waals surface area contributed by atoms with Gasteiger partial charge in [0.15, 0.2) is 5.13 Å². The molecule has 0 bridgehead atoms. The van der Waals surface area contributed by atoms with Crippen molar-refractivity contribution in [2.75, 3.05) is 5.32 Å². The van der Waals surface area contributed by atoms with Crippen molar-refractivity contribution in [3.8, 4) is 0 Å². The van der Waals surface area contributed by atoms with Gasteiger partial charge in [-0.3, -0.25) is 9.59 Å². The molecule has 0 aromatic carbocycles. The molecular weight excluding hydrogens is 282 g/mol. The van der Waals surface area contributed by atoms with E-state index >= 15 is 0 Å². The zero-order chi connectivity index (χ0) is 13.7. The van der Waals surface area contributed by atoms with E-state index in [1.807, 2.05) is 17.5 Å². The van der Waals surface area contributed by atoms with Gasteiger partial charge in [-0.2, -0.15) is 0 Å².